The second-order valence-corrected chi connectivity index (χ2v) is 6.13. The first-order valence-electron chi connectivity index (χ1n) is 7.59. The van der Waals surface area contributed by atoms with Crippen LogP contribution < -0.4 is 10.6 Å². The maximum absolute atomic E-state index is 11.9. The minimum absolute atomic E-state index is 0.216. The lowest BCUT2D eigenvalue weighted by Crippen LogP contribution is -2.45. The summed E-state index contributed by atoms with van der Waals surface area (Å²) in [6.45, 7) is 8.47. The number of hydrogen-bond donors (Lipinski definition) is 2. The van der Waals surface area contributed by atoms with Crippen molar-refractivity contribution >= 4 is 18.0 Å². The summed E-state index contributed by atoms with van der Waals surface area (Å²) >= 11 is 0. The van der Waals surface area contributed by atoms with E-state index in [1.807, 2.05) is 0 Å². The van der Waals surface area contributed by atoms with Crippen molar-refractivity contribution in [1.82, 2.24) is 15.5 Å². The number of imide groups is 1. The van der Waals surface area contributed by atoms with Crippen LogP contribution in [-0.2, 0) is 14.3 Å². The third-order valence-electron chi connectivity index (χ3n) is 2.89. The van der Waals surface area contributed by atoms with Gasteiger partial charge in [0.05, 0.1) is 12.9 Å². The fourth-order valence-corrected chi connectivity index (χ4v) is 1.95. The molecular formula is C15H25N3O5. The molecular weight excluding hydrogens is 302 g/mol. The zero-order valence-corrected chi connectivity index (χ0v) is 14.0. The Bertz CT molecular complexity index is 470. The molecule has 1 unspecified atom stereocenters. The number of likely N-dealkylation sites (tertiary alicyclic amines) is 1. The van der Waals surface area contributed by atoms with Crippen molar-refractivity contribution < 1.29 is 23.9 Å². The molecule has 1 saturated heterocycles. The van der Waals surface area contributed by atoms with E-state index < -0.39 is 23.6 Å². The molecule has 1 aliphatic heterocycles. The number of nitrogens with one attached hydrogen (secondary N) is 2. The molecule has 1 heterocycles. The molecule has 1 atom stereocenters. The fraction of sp³-hybridized carbons (Fsp3) is 0.667. The fourth-order valence-electron chi connectivity index (χ4n) is 1.95. The van der Waals surface area contributed by atoms with E-state index in [0.29, 0.717) is 26.1 Å². The van der Waals surface area contributed by atoms with Crippen molar-refractivity contribution in [2.45, 2.75) is 45.8 Å². The molecule has 0 saturated carbocycles. The Balaban J connectivity index is 2.35. The van der Waals surface area contributed by atoms with Gasteiger partial charge in [0.25, 0.3) is 5.91 Å². The van der Waals surface area contributed by atoms with Crippen LogP contribution in [-0.4, -0.2) is 54.3 Å². The van der Waals surface area contributed by atoms with Crippen molar-refractivity contribution in [3.63, 3.8) is 0 Å². The van der Waals surface area contributed by atoms with Crippen LogP contribution in [0.25, 0.3) is 0 Å². The lowest BCUT2D eigenvalue weighted by Gasteiger charge is -2.24. The van der Waals surface area contributed by atoms with Gasteiger partial charge in [0.1, 0.15) is 5.60 Å². The molecule has 0 aromatic heterocycles. The topological polar surface area (TPSA) is 97.0 Å². The molecule has 23 heavy (non-hydrogen) atoms. The van der Waals surface area contributed by atoms with Crippen LogP contribution in [0.1, 0.15) is 34.1 Å². The summed E-state index contributed by atoms with van der Waals surface area (Å²) in [6, 6.07) is -0.821. The summed E-state index contributed by atoms with van der Waals surface area (Å²) in [4.78, 5) is 36.6. The van der Waals surface area contributed by atoms with Gasteiger partial charge in [-0.1, -0.05) is 0 Å². The van der Waals surface area contributed by atoms with Gasteiger partial charge in [-0.2, -0.15) is 0 Å². The van der Waals surface area contributed by atoms with Gasteiger partial charge in [-0.15, -0.1) is 0 Å². The Morgan fingerprint density at radius 1 is 1.30 bits per heavy atom. The highest BCUT2D eigenvalue weighted by atomic mass is 16.6. The van der Waals surface area contributed by atoms with Crippen LogP contribution in [0.4, 0.5) is 9.59 Å². The van der Waals surface area contributed by atoms with Gasteiger partial charge in [0.15, 0.2) is 0 Å². The van der Waals surface area contributed by atoms with Gasteiger partial charge in [-0.05, 0) is 34.1 Å². The quantitative estimate of drug-likeness (QED) is 0.600. The molecule has 0 aromatic rings. The standard InChI is InChI=1S/C15H25N3O5/c1-5-22-9-7-12(19)17-13(20)16-11-6-8-18(10-11)14(21)23-15(2,3)4/h7,9,11H,5-6,8,10H2,1-4H3,(H2,16,17,19,20)/b9-7+. The zero-order chi connectivity index (χ0) is 17.5. The van der Waals surface area contributed by atoms with E-state index in [9.17, 15) is 14.4 Å². The molecule has 0 spiro atoms. The number of urea groups is 1. The lowest BCUT2D eigenvalue weighted by atomic mass is 10.2. The van der Waals surface area contributed by atoms with Crippen molar-refractivity contribution in [2.75, 3.05) is 19.7 Å². The van der Waals surface area contributed by atoms with Gasteiger partial charge in [0.2, 0.25) is 0 Å². The molecule has 4 amide bonds. The Morgan fingerprint density at radius 2 is 2.00 bits per heavy atom. The van der Waals surface area contributed by atoms with Gasteiger partial charge in [0, 0.05) is 25.2 Å². The number of carbonyl (C=O) groups excluding carboxylic acids is 3. The van der Waals surface area contributed by atoms with Crippen LogP contribution in [0, 0.1) is 0 Å². The first-order valence-corrected chi connectivity index (χ1v) is 7.59. The molecule has 0 bridgehead atoms. The number of nitrogens with zero attached hydrogens (tertiary/aromatic N) is 1. The van der Waals surface area contributed by atoms with Crippen molar-refractivity contribution in [3.8, 4) is 0 Å². The van der Waals surface area contributed by atoms with Gasteiger partial charge >= 0.3 is 12.1 Å². The Kier molecular flexibility index (Phi) is 6.87. The minimum Gasteiger partial charge on any atom is -0.501 e. The van der Waals surface area contributed by atoms with E-state index >= 15 is 0 Å². The van der Waals surface area contributed by atoms with Crippen molar-refractivity contribution in [3.05, 3.63) is 12.3 Å². The average molecular weight is 327 g/mol. The van der Waals surface area contributed by atoms with Crippen molar-refractivity contribution in [2.24, 2.45) is 0 Å². The first-order chi connectivity index (χ1) is 10.7. The Hall–Kier alpha value is -2.25. The molecule has 2 N–H and O–H groups in total. The first kappa shape index (κ1) is 18.8. The van der Waals surface area contributed by atoms with E-state index in [2.05, 4.69) is 10.6 Å². The molecule has 0 aromatic carbocycles. The van der Waals surface area contributed by atoms with Gasteiger partial charge < -0.3 is 19.7 Å². The van der Waals surface area contributed by atoms with Crippen LogP contribution in [0.3, 0.4) is 0 Å². The highest BCUT2D eigenvalue weighted by molar-refractivity contribution is 6.00. The molecule has 0 aliphatic carbocycles. The SMILES string of the molecule is CCO/C=C/C(=O)NC(=O)NC1CCN(C(=O)OC(C)(C)C)C1. The second-order valence-electron chi connectivity index (χ2n) is 6.13. The van der Waals surface area contributed by atoms with Crippen LogP contribution in [0.15, 0.2) is 12.3 Å². The maximum atomic E-state index is 11.9. The van der Waals surface area contributed by atoms with Crippen LogP contribution >= 0.6 is 0 Å². The maximum Gasteiger partial charge on any atom is 0.410 e. The van der Waals surface area contributed by atoms with E-state index in [1.165, 1.54) is 11.2 Å². The number of hydrogen-bond acceptors (Lipinski definition) is 5. The number of carbonyl (C=O) groups is 3. The Morgan fingerprint density at radius 3 is 2.61 bits per heavy atom. The molecule has 1 fully saturated rings. The normalized spacial score (nSPS) is 17.9. The van der Waals surface area contributed by atoms with Crippen LogP contribution in [0.2, 0.25) is 0 Å². The summed E-state index contributed by atoms with van der Waals surface area (Å²) in [5.74, 6) is -0.571. The summed E-state index contributed by atoms with van der Waals surface area (Å²) in [6.07, 6.45) is 2.56. The van der Waals surface area contributed by atoms with Crippen LogP contribution in [0.5, 0.6) is 0 Å². The molecule has 0 radical (unpaired) electrons. The predicted octanol–water partition coefficient (Wildman–Crippen LogP) is 1.37. The monoisotopic (exact) mass is 327 g/mol. The average Bonchev–Trinajstić information content (AvgIpc) is 2.85. The summed E-state index contributed by atoms with van der Waals surface area (Å²) in [5.41, 5.74) is -0.556. The van der Waals surface area contributed by atoms with E-state index in [-0.39, 0.29) is 6.04 Å². The van der Waals surface area contributed by atoms with Crippen molar-refractivity contribution in [1.29, 1.82) is 0 Å². The van der Waals surface area contributed by atoms with Gasteiger partial charge in [-0.25, -0.2) is 9.59 Å². The highest BCUT2D eigenvalue weighted by Gasteiger charge is 2.30. The van der Waals surface area contributed by atoms with E-state index in [1.54, 1.807) is 27.7 Å². The summed E-state index contributed by atoms with van der Waals surface area (Å²) in [7, 11) is 0. The third kappa shape index (κ3) is 7.53. The summed E-state index contributed by atoms with van der Waals surface area (Å²) in [5, 5.41) is 4.81. The largest absolute Gasteiger partial charge is 0.501 e. The predicted molar refractivity (Wildman–Crippen MR) is 83.7 cm³/mol. The zero-order valence-electron chi connectivity index (χ0n) is 14.0. The number of amides is 4. The van der Waals surface area contributed by atoms with Gasteiger partial charge in [-0.3, -0.25) is 10.1 Å². The highest BCUT2D eigenvalue weighted by Crippen LogP contribution is 2.15. The molecule has 8 nitrogen and oxygen atoms in total. The lowest BCUT2D eigenvalue weighted by molar-refractivity contribution is -0.115. The second kappa shape index (κ2) is 8.40. The third-order valence-corrected chi connectivity index (χ3v) is 2.89. The molecule has 8 heteroatoms. The number of rotatable bonds is 4. The smallest absolute Gasteiger partial charge is 0.410 e. The van der Waals surface area contributed by atoms with E-state index in [4.69, 9.17) is 9.47 Å². The minimum atomic E-state index is -0.604. The van der Waals surface area contributed by atoms with E-state index in [0.717, 1.165) is 6.08 Å². The molecule has 1 aliphatic rings. The summed E-state index contributed by atoms with van der Waals surface area (Å²) < 4.78 is 10.1. The number of ether oxygens (including phenoxy) is 2. The molecule has 130 valence electrons. The molecule has 1 rings (SSSR count). The Labute approximate surface area is 136 Å².